The third-order valence-corrected chi connectivity index (χ3v) is 4.56. The van der Waals surface area contributed by atoms with Crippen molar-refractivity contribution in [2.45, 2.75) is 39.2 Å². The van der Waals surface area contributed by atoms with E-state index in [1.165, 1.54) is 12.1 Å². The molecule has 3 atom stereocenters. The predicted molar refractivity (Wildman–Crippen MR) is 89.2 cm³/mol. The Labute approximate surface area is 142 Å². The number of amides is 1. The molecular weight excluding hydrogens is 322 g/mol. The van der Waals surface area contributed by atoms with Gasteiger partial charge in [0.05, 0.1) is 6.04 Å². The SMILES string of the molecule is CC(C)C(NC(=O)[C@@H]1CCC[C@@H]1CN)c1ccc(F)cc1F.Cl. The van der Waals surface area contributed by atoms with Gasteiger partial charge in [0.2, 0.25) is 5.91 Å². The average molecular weight is 347 g/mol. The van der Waals surface area contributed by atoms with E-state index in [4.69, 9.17) is 5.73 Å². The Kier molecular flexibility index (Phi) is 7.42. The molecule has 1 saturated carbocycles. The first-order chi connectivity index (χ1) is 10.4. The van der Waals surface area contributed by atoms with Crippen LogP contribution in [0.3, 0.4) is 0 Å². The van der Waals surface area contributed by atoms with E-state index in [0.717, 1.165) is 25.3 Å². The van der Waals surface area contributed by atoms with E-state index in [0.29, 0.717) is 12.1 Å². The minimum absolute atomic E-state index is 0. The molecule has 1 aliphatic carbocycles. The van der Waals surface area contributed by atoms with Crippen LogP contribution in [0, 0.1) is 29.4 Å². The summed E-state index contributed by atoms with van der Waals surface area (Å²) in [7, 11) is 0. The van der Waals surface area contributed by atoms with Crippen LogP contribution in [0.1, 0.15) is 44.7 Å². The van der Waals surface area contributed by atoms with Crippen molar-refractivity contribution in [3.8, 4) is 0 Å². The standard InChI is InChI=1S/C17H24F2N2O.ClH/c1-10(2)16(14-7-6-12(18)8-15(14)19)21-17(22)13-5-3-4-11(13)9-20;/h6-8,10-11,13,16H,3-5,9,20H2,1-2H3,(H,21,22);1H/t11-,13-,16?;/m1./s1. The summed E-state index contributed by atoms with van der Waals surface area (Å²) in [5.41, 5.74) is 6.05. The maximum Gasteiger partial charge on any atom is 0.223 e. The van der Waals surface area contributed by atoms with Crippen LogP contribution in [0.15, 0.2) is 18.2 Å². The first-order valence-electron chi connectivity index (χ1n) is 7.89. The van der Waals surface area contributed by atoms with Crippen molar-refractivity contribution in [2.24, 2.45) is 23.5 Å². The fourth-order valence-electron chi connectivity index (χ4n) is 3.28. The lowest BCUT2D eigenvalue weighted by molar-refractivity contribution is -0.127. The maximum atomic E-state index is 14.0. The van der Waals surface area contributed by atoms with Gasteiger partial charge in [-0.2, -0.15) is 0 Å². The summed E-state index contributed by atoms with van der Waals surface area (Å²) in [6.07, 6.45) is 2.79. The first-order valence-corrected chi connectivity index (χ1v) is 7.89. The largest absolute Gasteiger partial charge is 0.349 e. The lowest BCUT2D eigenvalue weighted by Gasteiger charge is -2.26. The van der Waals surface area contributed by atoms with E-state index in [9.17, 15) is 13.6 Å². The van der Waals surface area contributed by atoms with Crippen LogP contribution in [0.5, 0.6) is 0 Å². The summed E-state index contributed by atoms with van der Waals surface area (Å²) in [5, 5.41) is 2.94. The van der Waals surface area contributed by atoms with E-state index in [-0.39, 0.29) is 36.1 Å². The third kappa shape index (κ3) is 4.64. The summed E-state index contributed by atoms with van der Waals surface area (Å²) in [4.78, 5) is 12.5. The van der Waals surface area contributed by atoms with Gasteiger partial charge >= 0.3 is 0 Å². The molecule has 1 unspecified atom stereocenters. The van der Waals surface area contributed by atoms with Crippen molar-refractivity contribution in [2.75, 3.05) is 6.54 Å². The van der Waals surface area contributed by atoms with Crippen LogP contribution >= 0.6 is 12.4 Å². The first kappa shape index (κ1) is 19.8. The Hall–Kier alpha value is -1.20. The minimum Gasteiger partial charge on any atom is -0.349 e. The maximum absolute atomic E-state index is 14.0. The monoisotopic (exact) mass is 346 g/mol. The van der Waals surface area contributed by atoms with Gasteiger partial charge in [0.15, 0.2) is 0 Å². The van der Waals surface area contributed by atoms with Crippen molar-refractivity contribution in [3.05, 3.63) is 35.4 Å². The molecule has 2 rings (SSSR count). The van der Waals surface area contributed by atoms with Gasteiger partial charge in [-0.1, -0.05) is 26.3 Å². The molecule has 23 heavy (non-hydrogen) atoms. The van der Waals surface area contributed by atoms with Crippen LogP contribution < -0.4 is 11.1 Å². The van der Waals surface area contributed by atoms with Gasteiger partial charge in [0.1, 0.15) is 11.6 Å². The second-order valence-corrected chi connectivity index (χ2v) is 6.43. The van der Waals surface area contributed by atoms with Gasteiger partial charge < -0.3 is 11.1 Å². The second kappa shape index (κ2) is 8.60. The summed E-state index contributed by atoms with van der Waals surface area (Å²) in [6, 6.07) is 3.02. The fraction of sp³-hybridized carbons (Fsp3) is 0.588. The van der Waals surface area contributed by atoms with Gasteiger partial charge in [0.25, 0.3) is 0 Å². The normalized spacial score (nSPS) is 21.8. The van der Waals surface area contributed by atoms with Crippen molar-refractivity contribution < 1.29 is 13.6 Å². The Bertz CT molecular complexity index is 539. The van der Waals surface area contributed by atoms with E-state index in [1.807, 2.05) is 13.8 Å². The molecule has 0 heterocycles. The summed E-state index contributed by atoms with van der Waals surface area (Å²) in [5.74, 6) is -1.22. The third-order valence-electron chi connectivity index (χ3n) is 4.56. The minimum atomic E-state index is -0.624. The molecule has 0 spiro atoms. The number of hydrogen-bond donors (Lipinski definition) is 2. The number of carbonyl (C=O) groups excluding carboxylic acids is 1. The number of nitrogens with two attached hydrogens (primary N) is 1. The molecule has 1 fully saturated rings. The van der Waals surface area contributed by atoms with Crippen molar-refractivity contribution in [3.63, 3.8) is 0 Å². The fourth-order valence-corrected chi connectivity index (χ4v) is 3.28. The highest BCUT2D eigenvalue weighted by Crippen LogP contribution is 2.33. The summed E-state index contributed by atoms with van der Waals surface area (Å²) >= 11 is 0. The van der Waals surface area contributed by atoms with Gasteiger partial charge in [-0.3, -0.25) is 4.79 Å². The Morgan fingerprint density at radius 2 is 2.04 bits per heavy atom. The molecular formula is C17H25ClF2N2O. The Morgan fingerprint density at radius 3 is 2.61 bits per heavy atom. The molecule has 1 aliphatic rings. The van der Waals surface area contributed by atoms with Crippen LogP contribution in [0.4, 0.5) is 8.78 Å². The molecule has 1 aromatic carbocycles. The van der Waals surface area contributed by atoms with Gasteiger partial charge in [-0.05, 0) is 37.3 Å². The molecule has 0 aliphatic heterocycles. The zero-order valence-electron chi connectivity index (χ0n) is 13.5. The molecule has 0 radical (unpaired) electrons. The number of carbonyl (C=O) groups is 1. The molecule has 3 N–H and O–H groups in total. The lowest BCUT2D eigenvalue weighted by atomic mass is 9.91. The van der Waals surface area contributed by atoms with Crippen LogP contribution in [0.2, 0.25) is 0 Å². The second-order valence-electron chi connectivity index (χ2n) is 6.43. The zero-order valence-corrected chi connectivity index (χ0v) is 14.3. The summed E-state index contributed by atoms with van der Waals surface area (Å²) < 4.78 is 27.1. The summed E-state index contributed by atoms with van der Waals surface area (Å²) in [6.45, 7) is 4.31. The Morgan fingerprint density at radius 1 is 1.35 bits per heavy atom. The molecule has 0 saturated heterocycles. The van der Waals surface area contributed by atoms with E-state index in [2.05, 4.69) is 5.32 Å². The molecule has 0 aromatic heterocycles. The van der Waals surface area contributed by atoms with Crippen LogP contribution in [0.25, 0.3) is 0 Å². The van der Waals surface area contributed by atoms with E-state index >= 15 is 0 Å². The molecule has 1 amide bonds. The number of halogens is 3. The van der Waals surface area contributed by atoms with Gasteiger partial charge in [0, 0.05) is 17.5 Å². The Balaban J connectivity index is 0.00000264. The van der Waals surface area contributed by atoms with E-state index < -0.39 is 17.7 Å². The number of benzene rings is 1. The van der Waals surface area contributed by atoms with Gasteiger partial charge in [-0.25, -0.2) is 8.78 Å². The van der Waals surface area contributed by atoms with Crippen LogP contribution in [-0.4, -0.2) is 12.5 Å². The molecule has 130 valence electrons. The average Bonchev–Trinajstić information content (AvgIpc) is 2.93. The number of rotatable bonds is 5. The highest BCUT2D eigenvalue weighted by molar-refractivity contribution is 5.85. The topological polar surface area (TPSA) is 55.1 Å². The van der Waals surface area contributed by atoms with Crippen LogP contribution in [-0.2, 0) is 4.79 Å². The van der Waals surface area contributed by atoms with E-state index in [1.54, 1.807) is 0 Å². The van der Waals surface area contributed by atoms with Crippen molar-refractivity contribution in [1.29, 1.82) is 0 Å². The quantitative estimate of drug-likeness (QED) is 0.856. The van der Waals surface area contributed by atoms with Crippen molar-refractivity contribution >= 4 is 18.3 Å². The number of hydrogen-bond acceptors (Lipinski definition) is 2. The zero-order chi connectivity index (χ0) is 16.3. The molecule has 0 bridgehead atoms. The predicted octanol–water partition coefficient (Wildman–Crippen LogP) is 3.57. The lowest BCUT2D eigenvalue weighted by Crippen LogP contribution is -2.39. The smallest absolute Gasteiger partial charge is 0.223 e. The molecule has 3 nitrogen and oxygen atoms in total. The molecule has 6 heteroatoms. The highest BCUT2D eigenvalue weighted by atomic mass is 35.5. The van der Waals surface area contributed by atoms with Gasteiger partial charge in [-0.15, -0.1) is 12.4 Å². The highest BCUT2D eigenvalue weighted by Gasteiger charge is 2.34. The molecule has 1 aromatic rings. The number of nitrogens with one attached hydrogen (secondary N) is 1. The van der Waals surface area contributed by atoms with Crippen molar-refractivity contribution in [1.82, 2.24) is 5.32 Å².